The van der Waals surface area contributed by atoms with Crippen molar-refractivity contribution in [2.24, 2.45) is 0 Å². The van der Waals surface area contributed by atoms with Gasteiger partial charge in [-0.05, 0) is 29.0 Å². The molecule has 2 nitrogen and oxygen atoms in total. The molecule has 3 aromatic carbocycles. The topological polar surface area (TPSA) is 22.1 Å². The van der Waals surface area contributed by atoms with E-state index in [1.165, 1.54) is 16.2 Å². The van der Waals surface area contributed by atoms with E-state index in [0.717, 1.165) is 22.0 Å². The number of benzene rings is 3. The Morgan fingerprint density at radius 1 is 0.800 bits per heavy atom. The first-order valence-electron chi connectivity index (χ1n) is 6.61. The number of hydrogen-bond acceptors (Lipinski definition) is 2. The van der Waals surface area contributed by atoms with Crippen LogP contribution < -0.4 is 4.74 Å². The Labute approximate surface area is 116 Å². The van der Waals surface area contributed by atoms with Crippen molar-refractivity contribution in [1.29, 1.82) is 0 Å². The molecule has 0 unspecified atom stereocenters. The first-order chi connectivity index (χ1) is 9.86. The summed E-state index contributed by atoms with van der Waals surface area (Å²) in [5.74, 6) is 0.873. The predicted octanol–water partition coefficient (Wildman–Crippen LogP) is 4.55. The number of nitrogens with zero attached hydrogens (tertiary/aromatic N) is 1. The summed E-state index contributed by atoms with van der Waals surface area (Å²) in [5, 5.41) is 5.93. The zero-order valence-electron chi connectivity index (χ0n) is 11.1. The zero-order chi connectivity index (χ0) is 13.5. The van der Waals surface area contributed by atoms with E-state index in [-0.39, 0.29) is 0 Å². The quantitative estimate of drug-likeness (QED) is 0.468. The average Bonchev–Trinajstić information content (AvgIpc) is 2.53. The van der Waals surface area contributed by atoms with Gasteiger partial charge in [0, 0.05) is 22.4 Å². The van der Waals surface area contributed by atoms with Crippen LogP contribution in [-0.2, 0) is 0 Å². The monoisotopic (exact) mass is 259 g/mol. The molecule has 0 bridgehead atoms. The lowest BCUT2D eigenvalue weighted by molar-refractivity contribution is 0.415. The lowest BCUT2D eigenvalue weighted by atomic mass is 10.0. The third-order valence-electron chi connectivity index (χ3n) is 3.78. The Morgan fingerprint density at radius 2 is 1.65 bits per heavy atom. The van der Waals surface area contributed by atoms with Crippen LogP contribution in [0, 0.1) is 0 Å². The van der Waals surface area contributed by atoms with Crippen molar-refractivity contribution in [3.8, 4) is 5.75 Å². The Morgan fingerprint density at radius 3 is 2.55 bits per heavy atom. The normalized spacial score (nSPS) is 11.2. The van der Waals surface area contributed by atoms with Gasteiger partial charge in [-0.15, -0.1) is 0 Å². The first kappa shape index (κ1) is 11.2. The molecule has 0 aliphatic carbocycles. The van der Waals surface area contributed by atoms with Crippen LogP contribution in [0.2, 0.25) is 0 Å². The van der Waals surface area contributed by atoms with E-state index in [0.29, 0.717) is 0 Å². The zero-order valence-corrected chi connectivity index (χ0v) is 11.1. The molecule has 1 aromatic heterocycles. The van der Waals surface area contributed by atoms with E-state index in [1.54, 1.807) is 7.11 Å². The van der Waals surface area contributed by atoms with Gasteiger partial charge in [-0.3, -0.25) is 4.98 Å². The Hall–Kier alpha value is -2.61. The van der Waals surface area contributed by atoms with Gasteiger partial charge in [-0.1, -0.05) is 36.4 Å². The molecule has 0 fully saturated rings. The highest BCUT2D eigenvalue weighted by atomic mass is 16.5. The standard InChI is InChI=1S/C18H13NO/c1-20-14-7-9-16-12(10-14)6-8-17-15-5-3-2-4-13(15)11-19-18(16)17/h2-11H,1H3. The lowest BCUT2D eigenvalue weighted by Crippen LogP contribution is -1.86. The molecule has 0 N–H and O–H groups in total. The number of methoxy groups -OCH3 is 1. The maximum absolute atomic E-state index is 5.28. The van der Waals surface area contributed by atoms with Crippen molar-refractivity contribution in [3.63, 3.8) is 0 Å². The van der Waals surface area contributed by atoms with Gasteiger partial charge >= 0.3 is 0 Å². The summed E-state index contributed by atoms with van der Waals surface area (Å²) in [6.07, 6.45) is 1.95. The maximum atomic E-state index is 5.28. The van der Waals surface area contributed by atoms with Gasteiger partial charge in [0.25, 0.3) is 0 Å². The van der Waals surface area contributed by atoms with E-state index >= 15 is 0 Å². The van der Waals surface area contributed by atoms with Crippen molar-refractivity contribution in [1.82, 2.24) is 4.98 Å². The lowest BCUT2D eigenvalue weighted by Gasteiger charge is -2.07. The van der Waals surface area contributed by atoms with Gasteiger partial charge in [0.05, 0.1) is 12.6 Å². The molecule has 1 heterocycles. The third-order valence-corrected chi connectivity index (χ3v) is 3.78. The molecule has 2 heteroatoms. The van der Waals surface area contributed by atoms with Gasteiger partial charge in [0.1, 0.15) is 5.75 Å². The van der Waals surface area contributed by atoms with Gasteiger partial charge in [0.2, 0.25) is 0 Å². The second-order valence-electron chi connectivity index (χ2n) is 4.89. The molecule has 4 rings (SSSR count). The van der Waals surface area contributed by atoms with E-state index in [4.69, 9.17) is 4.74 Å². The molecule has 0 amide bonds. The van der Waals surface area contributed by atoms with Crippen molar-refractivity contribution < 1.29 is 4.74 Å². The molecular weight excluding hydrogens is 246 g/mol. The van der Waals surface area contributed by atoms with E-state index in [9.17, 15) is 0 Å². The SMILES string of the molecule is COc1ccc2c(ccc3c4ccccc4cnc23)c1. The summed E-state index contributed by atoms with van der Waals surface area (Å²) in [5.41, 5.74) is 1.05. The van der Waals surface area contributed by atoms with E-state index in [1.807, 2.05) is 24.4 Å². The number of fused-ring (bicyclic) bond motifs is 5. The largest absolute Gasteiger partial charge is 0.497 e. The van der Waals surface area contributed by atoms with Gasteiger partial charge in [-0.2, -0.15) is 0 Å². The van der Waals surface area contributed by atoms with Crippen LogP contribution >= 0.6 is 0 Å². The van der Waals surface area contributed by atoms with E-state index < -0.39 is 0 Å². The number of hydrogen-bond donors (Lipinski definition) is 0. The van der Waals surface area contributed by atoms with Crippen LogP contribution in [0.3, 0.4) is 0 Å². The molecular formula is C18H13NO. The Bertz CT molecular complexity index is 944. The average molecular weight is 259 g/mol. The Kier molecular flexibility index (Phi) is 2.36. The van der Waals surface area contributed by atoms with Crippen molar-refractivity contribution in [2.75, 3.05) is 7.11 Å². The summed E-state index contributed by atoms with van der Waals surface area (Å²) < 4.78 is 5.28. The molecule has 0 aliphatic rings. The predicted molar refractivity (Wildman–Crippen MR) is 83.3 cm³/mol. The summed E-state index contributed by atoms with van der Waals surface area (Å²) in [4.78, 5) is 4.65. The molecule has 96 valence electrons. The maximum Gasteiger partial charge on any atom is 0.119 e. The summed E-state index contributed by atoms with van der Waals surface area (Å²) in [7, 11) is 1.69. The number of ether oxygens (including phenoxy) is 1. The fraction of sp³-hybridized carbons (Fsp3) is 0.0556. The van der Waals surface area contributed by atoms with Crippen LogP contribution in [0.5, 0.6) is 5.75 Å². The minimum atomic E-state index is 0.873. The van der Waals surface area contributed by atoms with Crippen molar-refractivity contribution in [3.05, 3.63) is 60.8 Å². The summed E-state index contributed by atoms with van der Waals surface area (Å²) >= 11 is 0. The van der Waals surface area contributed by atoms with E-state index in [2.05, 4.69) is 41.4 Å². The number of pyridine rings is 1. The first-order valence-corrected chi connectivity index (χ1v) is 6.61. The van der Waals surface area contributed by atoms with Gasteiger partial charge in [-0.25, -0.2) is 0 Å². The second-order valence-corrected chi connectivity index (χ2v) is 4.89. The molecule has 0 spiro atoms. The molecule has 0 radical (unpaired) electrons. The fourth-order valence-electron chi connectivity index (χ4n) is 2.76. The molecule has 20 heavy (non-hydrogen) atoms. The highest BCUT2D eigenvalue weighted by Gasteiger charge is 2.06. The molecule has 0 saturated heterocycles. The van der Waals surface area contributed by atoms with Crippen LogP contribution in [0.4, 0.5) is 0 Å². The summed E-state index contributed by atoms with van der Waals surface area (Å²) in [6.45, 7) is 0. The van der Waals surface area contributed by atoms with Crippen LogP contribution in [0.1, 0.15) is 0 Å². The molecule has 0 aliphatic heterocycles. The van der Waals surface area contributed by atoms with Crippen LogP contribution in [0.25, 0.3) is 32.4 Å². The van der Waals surface area contributed by atoms with Gasteiger partial charge in [0.15, 0.2) is 0 Å². The fourth-order valence-corrected chi connectivity index (χ4v) is 2.76. The number of aromatic nitrogens is 1. The molecule has 4 aromatic rings. The highest BCUT2D eigenvalue weighted by molar-refractivity contribution is 6.15. The molecule has 0 atom stereocenters. The van der Waals surface area contributed by atoms with Crippen molar-refractivity contribution in [2.45, 2.75) is 0 Å². The summed E-state index contributed by atoms with van der Waals surface area (Å²) in [6, 6.07) is 18.7. The second kappa shape index (κ2) is 4.20. The number of rotatable bonds is 1. The van der Waals surface area contributed by atoms with Gasteiger partial charge < -0.3 is 4.74 Å². The smallest absolute Gasteiger partial charge is 0.119 e. The minimum Gasteiger partial charge on any atom is -0.497 e. The minimum absolute atomic E-state index is 0.873. The highest BCUT2D eigenvalue weighted by Crippen LogP contribution is 2.30. The Balaban J connectivity index is 2.17. The van der Waals surface area contributed by atoms with Crippen LogP contribution in [-0.4, -0.2) is 12.1 Å². The van der Waals surface area contributed by atoms with Crippen LogP contribution in [0.15, 0.2) is 60.8 Å². The molecule has 0 saturated carbocycles. The van der Waals surface area contributed by atoms with Crippen molar-refractivity contribution >= 4 is 32.4 Å². The third kappa shape index (κ3) is 1.55.